The zero-order chi connectivity index (χ0) is 11.3. The minimum Gasteiger partial charge on any atom is -0.280 e. The van der Waals surface area contributed by atoms with Gasteiger partial charge in [0.15, 0.2) is 0 Å². The van der Waals surface area contributed by atoms with E-state index in [0.717, 1.165) is 6.08 Å². The van der Waals surface area contributed by atoms with Gasteiger partial charge in [-0.15, -0.1) is 0 Å². The molecule has 15 heavy (non-hydrogen) atoms. The van der Waals surface area contributed by atoms with Crippen LogP contribution >= 0.6 is 0 Å². The van der Waals surface area contributed by atoms with Crippen LogP contribution in [0.5, 0.6) is 0 Å². The maximum absolute atomic E-state index is 12.5. The predicted molar refractivity (Wildman–Crippen MR) is 50.1 cm³/mol. The summed E-state index contributed by atoms with van der Waals surface area (Å²) < 4.78 is 49.2. The van der Waals surface area contributed by atoms with Gasteiger partial charge in [-0.3, -0.25) is 4.90 Å². The number of hydrogen-bond acceptors (Lipinski definition) is 1. The van der Waals surface area contributed by atoms with Crippen LogP contribution in [0.4, 0.5) is 23.2 Å². The first kappa shape index (κ1) is 11.6. The summed E-state index contributed by atoms with van der Waals surface area (Å²) >= 11 is 0. The van der Waals surface area contributed by atoms with Gasteiger partial charge in [0, 0.05) is 12.2 Å². The third-order valence-electron chi connectivity index (χ3n) is 1.75. The Morgan fingerprint density at radius 2 is 1.73 bits per heavy atom. The molecule has 0 bridgehead atoms. The summed E-state index contributed by atoms with van der Waals surface area (Å²) in [7, 11) is 0. The van der Waals surface area contributed by atoms with Crippen LogP contribution in [-0.4, -0.2) is 12.8 Å². The van der Waals surface area contributed by atoms with Crippen molar-refractivity contribution in [1.29, 1.82) is 0 Å². The van der Waals surface area contributed by atoms with Gasteiger partial charge in [-0.2, -0.15) is 13.2 Å². The number of benzene rings is 1. The van der Waals surface area contributed by atoms with Crippen molar-refractivity contribution >= 4 is 5.69 Å². The van der Waals surface area contributed by atoms with Gasteiger partial charge in [-0.25, -0.2) is 4.39 Å². The quantitative estimate of drug-likeness (QED) is 0.555. The van der Waals surface area contributed by atoms with Gasteiger partial charge in [0.05, 0.1) is 6.33 Å². The number of alkyl halides is 3. The smallest absolute Gasteiger partial charge is 0.280 e. The zero-order valence-electron chi connectivity index (χ0n) is 7.71. The highest BCUT2D eigenvalue weighted by atomic mass is 19.4. The fourth-order valence-corrected chi connectivity index (χ4v) is 1.11. The first-order chi connectivity index (χ1) is 7.05. The molecule has 0 saturated heterocycles. The largest absolute Gasteiger partial charge is 0.485 e. The second-order valence-corrected chi connectivity index (χ2v) is 2.78. The highest BCUT2D eigenvalue weighted by molar-refractivity contribution is 5.47. The van der Waals surface area contributed by atoms with Gasteiger partial charge >= 0.3 is 6.30 Å². The summed E-state index contributed by atoms with van der Waals surface area (Å²) in [5.74, 6) is 0. The molecule has 0 aliphatic carbocycles. The number of halogens is 4. The normalized spacial score (nSPS) is 12.0. The Balaban J connectivity index is 2.92. The second kappa shape index (κ2) is 4.82. The molecule has 82 valence electrons. The molecular formula is C10H9F4N. The molecule has 0 atom stereocenters. The van der Waals surface area contributed by atoms with E-state index in [1.807, 2.05) is 0 Å². The number of anilines is 1. The lowest BCUT2D eigenvalue weighted by atomic mass is 10.3. The van der Waals surface area contributed by atoms with E-state index in [1.54, 1.807) is 6.07 Å². The van der Waals surface area contributed by atoms with E-state index >= 15 is 0 Å². The maximum Gasteiger partial charge on any atom is 0.485 e. The van der Waals surface area contributed by atoms with E-state index in [4.69, 9.17) is 0 Å². The van der Waals surface area contributed by atoms with Crippen molar-refractivity contribution in [2.24, 2.45) is 0 Å². The molecule has 1 aromatic carbocycles. The number of para-hydroxylation sites is 1. The fraction of sp³-hybridized carbons (Fsp3) is 0.200. The Labute approximate surface area is 84.6 Å². The Morgan fingerprint density at radius 1 is 1.13 bits per heavy atom. The lowest BCUT2D eigenvalue weighted by Crippen LogP contribution is -2.38. The number of hydrogen-bond donors (Lipinski definition) is 0. The molecule has 0 N–H and O–H groups in total. The van der Waals surface area contributed by atoms with E-state index in [9.17, 15) is 17.6 Å². The fourth-order valence-electron chi connectivity index (χ4n) is 1.11. The molecule has 0 heterocycles. The van der Waals surface area contributed by atoms with E-state index in [1.165, 1.54) is 24.3 Å². The first-order valence-corrected chi connectivity index (χ1v) is 4.20. The van der Waals surface area contributed by atoms with Crippen molar-refractivity contribution in [3.8, 4) is 0 Å². The van der Waals surface area contributed by atoms with Crippen LogP contribution in [0.3, 0.4) is 0 Å². The van der Waals surface area contributed by atoms with Crippen molar-refractivity contribution < 1.29 is 17.6 Å². The predicted octanol–water partition coefficient (Wildman–Crippen LogP) is 3.50. The molecule has 0 saturated carbocycles. The van der Waals surface area contributed by atoms with Crippen molar-refractivity contribution in [3.05, 3.63) is 42.7 Å². The summed E-state index contributed by atoms with van der Waals surface area (Å²) in [6.45, 7) is -0.538. The molecule has 0 spiro atoms. The average Bonchev–Trinajstić information content (AvgIpc) is 2.18. The molecule has 0 amide bonds. The zero-order valence-corrected chi connectivity index (χ0v) is 7.71. The molecule has 0 aliphatic heterocycles. The highest BCUT2D eigenvalue weighted by Gasteiger charge is 2.36. The summed E-state index contributed by atoms with van der Waals surface area (Å²) in [4.78, 5) is 0.156. The van der Waals surface area contributed by atoms with Crippen LogP contribution in [-0.2, 0) is 0 Å². The van der Waals surface area contributed by atoms with Crippen LogP contribution in [0.25, 0.3) is 0 Å². The van der Waals surface area contributed by atoms with Crippen LogP contribution in [0.1, 0.15) is 0 Å². The van der Waals surface area contributed by atoms with Crippen molar-refractivity contribution in [3.63, 3.8) is 0 Å². The Kier molecular flexibility index (Phi) is 3.71. The van der Waals surface area contributed by atoms with Gasteiger partial charge in [-0.1, -0.05) is 18.2 Å². The van der Waals surface area contributed by atoms with Gasteiger partial charge < -0.3 is 0 Å². The second-order valence-electron chi connectivity index (χ2n) is 2.78. The van der Waals surface area contributed by atoms with Gasteiger partial charge in [-0.05, 0) is 18.2 Å². The van der Waals surface area contributed by atoms with Crippen molar-refractivity contribution in [1.82, 2.24) is 0 Å². The molecule has 5 heteroatoms. The average molecular weight is 219 g/mol. The van der Waals surface area contributed by atoms with E-state index in [0.29, 0.717) is 0 Å². The van der Waals surface area contributed by atoms with Gasteiger partial charge in [0.1, 0.15) is 0 Å². The van der Waals surface area contributed by atoms with E-state index in [2.05, 4.69) is 0 Å². The molecule has 0 fully saturated rings. The Bertz CT molecular complexity index is 318. The van der Waals surface area contributed by atoms with E-state index < -0.39 is 12.8 Å². The Hall–Kier alpha value is -1.52. The third-order valence-corrected chi connectivity index (χ3v) is 1.75. The van der Waals surface area contributed by atoms with E-state index in [-0.39, 0.29) is 16.9 Å². The van der Waals surface area contributed by atoms with Crippen LogP contribution in [0, 0.1) is 0 Å². The SMILES string of the molecule is F/C=C/CN(c1ccccc1)C(F)(F)F. The summed E-state index contributed by atoms with van der Waals surface area (Å²) in [5, 5.41) is 0. The lowest BCUT2D eigenvalue weighted by Gasteiger charge is -2.25. The lowest BCUT2D eigenvalue weighted by molar-refractivity contribution is -0.127. The Morgan fingerprint density at radius 3 is 2.20 bits per heavy atom. The summed E-state index contributed by atoms with van der Waals surface area (Å²) in [6.07, 6.45) is -3.61. The molecular weight excluding hydrogens is 210 g/mol. The summed E-state index contributed by atoms with van der Waals surface area (Å²) in [6, 6.07) is 7.24. The van der Waals surface area contributed by atoms with Gasteiger partial charge in [0.2, 0.25) is 0 Å². The molecule has 1 nitrogen and oxygen atoms in total. The first-order valence-electron chi connectivity index (χ1n) is 4.20. The van der Waals surface area contributed by atoms with Crippen LogP contribution in [0.2, 0.25) is 0 Å². The highest BCUT2D eigenvalue weighted by Crippen LogP contribution is 2.27. The molecule has 0 aliphatic rings. The van der Waals surface area contributed by atoms with Crippen LogP contribution < -0.4 is 4.90 Å². The monoisotopic (exact) mass is 219 g/mol. The van der Waals surface area contributed by atoms with Gasteiger partial charge in [0.25, 0.3) is 0 Å². The molecule has 0 aromatic heterocycles. The standard InChI is InChI=1S/C10H9F4N/c11-7-4-8-15(10(12,13)14)9-5-2-1-3-6-9/h1-7H,8H2/b7-4+. The van der Waals surface area contributed by atoms with Crippen molar-refractivity contribution in [2.45, 2.75) is 6.30 Å². The topological polar surface area (TPSA) is 3.24 Å². The number of nitrogens with zero attached hydrogens (tertiary/aromatic N) is 1. The third kappa shape index (κ3) is 3.27. The minimum atomic E-state index is -4.51. The molecule has 1 aromatic rings. The van der Waals surface area contributed by atoms with Crippen molar-refractivity contribution in [2.75, 3.05) is 11.4 Å². The van der Waals surface area contributed by atoms with Crippen LogP contribution in [0.15, 0.2) is 42.7 Å². The number of rotatable bonds is 3. The molecule has 1 rings (SSSR count). The summed E-state index contributed by atoms with van der Waals surface area (Å²) in [5.41, 5.74) is -0.0110. The molecule has 0 radical (unpaired) electrons. The maximum atomic E-state index is 12.5. The minimum absolute atomic E-state index is 0.0110. The molecule has 0 unspecified atom stereocenters.